The maximum absolute atomic E-state index is 12.6. The Morgan fingerprint density at radius 1 is 1.48 bits per heavy atom. The van der Waals surface area contributed by atoms with E-state index in [4.69, 9.17) is 14.7 Å². The van der Waals surface area contributed by atoms with Crippen LogP contribution in [0.3, 0.4) is 0 Å². The Hall–Kier alpha value is -3.34. The molecule has 3 rings (SSSR count). The third-order valence-electron chi connectivity index (χ3n) is 3.76. The molecule has 1 aliphatic rings. The molecule has 2 aromatic rings. The van der Waals surface area contributed by atoms with Gasteiger partial charge in [-0.15, -0.1) is 0 Å². The van der Waals surface area contributed by atoms with Gasteiger partial charge in [0, 0.05) is 0 Å². The van der Waals surface area contributed by atoms with E-state index in [0.29, 0.717) is 12.2 Å². The number of nitrogens with one attached hydrogen (secondary N) is 1. The van der Waals surface area contributed by atoms with Crippen LogP contribution in [0.25, 0.3) is 0 Å². The van der Waals surface area contributed by atoms with Crippen LogP contribution in [0, 0.1) is 11.3 Å². The predicted octanol–water partition coefficient (Wildman–Crippen LogP) is 1.22. The molecular weight excluding hydrogens is 324 g/mol. The van der Waals surface area contributed by atoms with Crippen molar-refractivity contribution in [1.29, 1.82) is 5.26 Å². The Labute approximate surface area is 143 Å². The van der Waals surface area contributed by atoms with Crippen molar-refractivity contribution in [2.75, 3.05) is 18.5 Å². The van der Waals surface area contributed by atoms with Gasteiger partial charge in [0.05, 0.1) is 24.3 Å². The van der Waals surface area contributed by atoms with Crippen molar-refractivity contribution in [3.8, 4) is 11.9 Å². The molecule has 1 aliphatic heterocycles. The van der Waals surface area contributed by atoms with Crippen molar-refractivity contribution in [3.05, 3.63) is 52.1 Å². The molecule has 128 valence electrons. The summed E-state index contributed by atoms with van der Waals surface area (Å²) in [6, 6.07) is 8.82. The molecular formula is C17H16N4O4. The first-order chi connectivity index (χ1) is 12.1. The Morgan fingerprint density at radius 2 is 2.24 bits per heavy atom. The van der Waals surface area contributed by atoms with Crippen molar-refractivity contribution < 1.29 is 14.3 Å². The standard InChI is InChI=1S/C17H16N4O4/c1-2-24-14(22)8-21-10-19-16-15(17(21)23)20-13(9-25-16)12-5-3-11(7-18)4-6-12/h3-6,10,13,20H,2,8-9H2,1H3/t13-/m1/s1. The van der Waals surface area contributed by atoms with E-state index in [-0.39, 0.29) is 30.8 Å². The van der Waals surface area contributed by atoms with Gasteiger partial charge in [0.2, 0.25) is 5.88 Å². The molecule has 0 saturated carbocycles. The highest BCUT2D eigenvalue weighted by atomic mass is 16.5. The van der Waals surface area contributed by atoms with Gasteiger partial charge in [0.1, 0.15) is 19.5 Å². The lowest BCUT2D eigenvalue weighted by Crippen LogP contribution is -2.34. The second-order valence-corrected chi connectivity index (χ2v) is 5.40. The minimum absolute atomic E-state index is 0.201. The van der Waals surface area contributed by atoms with Gasteiger partial charge < -0.3 is 14.8 Å². The van der Waals surface area contributed by atoms with Gasteiger partial charge in [-0.2, -0.15) is 5.26 Å². The highest BCUT2D eigenvalue weighted by Gasteiger charge is 2.25. The predicted molar refractivity (Wildman–Crippen MR) is 88.1 cm³/mol. The maximum atomic E-state index is 12.6. The highest BCUT2D eigenvalue weighted by molar-refractivity contribution is 5.69. The van der Waals surface area contributed by atoms with E-state index < -0.39 is 11.5 Å². The van der Waals surface area contributed by atoms with Gasteiger partial charge in [-0.05, 0) is 24.6 Å². The minimum atomic E-state index is -0.508. The van der Waals surface area contributed by atoms with E-state index in [1.54, 1.807) is 31.2 Å². The second kappa shape index (κ2) is 7.05. The van der Waals surface area contributed by atoms with Gasteiger partial charge in [0.25, 0.3) is 5.56 Å². The molecule has 8 heteroatoms. The first-order valence-electron chi connectivity index (χ1n) is 7.76. The number of carbonyl (C=O) groups is 1. The normalized spacial score (nSPS) is 15.3. The van der Waals surface area contributed by atoms with Crippen LogP contribution in [-0.2, 0) is 16.1 Å². The SMILES string of the molecule is CCOC(=O)Cn1cnc2c(c1=O)N[C@@H](c1ccc(C#N)cc1)CO2. The summed E-state index contributed by atoms with van der Waals surface area (Å²) in [5.41, 5.74) is 1.23. The summed E-state index contributed by atoms with van der Waals surface area (Å²) in [7, 11) is 0. The van der Waals surface area contributed by atoms with Crippen molar-refractivity contribution in [2.45, 2.75) is 19.5 Å². The van der Waals surface area contributed by atoms with Crippen molar-refractivity contribution >= 4 is 11.7 Å². The van der Waals surface area contributed by atoms with Crippen LogP contribution in [0.1, 0.15) is 24.1 Å². The number of nitrogens with zero attached hydrogens (tertiary/aromatic N) is 3. The lowest BCUT2D eigenvalue weighted by Gasteiger charge is -2.26. The third-order valence-corrected chi connectivity index (χ3v) is 3.76. The molecule has 1 aromatic carbocycles. The third kappa shape index (κ3) is 3.45. The van der Waals surface area contributed by atoms with E-state index in [1.807, 2.05) is 0 Å². The number of anilines is 1. The maximum Gasteiger partial charge on any atom is 0.326 e. The summed E-state index contributed by atoms with van der Waals surface area (Å²) < 4.78 is 11.6. The number of ether oxygens (including phenoxy) is 2. The van der Waals surface area contributed by atoms with Gasteiger partial charge in [-0.25, -0.2) is 4.98 Å². The summed E-state index contributed by atoms with van der Waals surface area (Å²) in [6.45, 7) is 2.03. The molecule has 2 heterocycles. The zero-order valence-electron chi connectivity index (χ0n) is 13.6. The van der Waals surface area contributed by atoms with Crippen LogP contribution < -0.4 is 15.6 Å². The number of nitriles is 1. The molecule has 1 N–H and O–H groups in total. The topological polar surface area (TPSA) is 106 Å². The zero-order chi connectivity index (χ0) is 17.8. The number of hydrogen-bond donors (Lipinski definition) is 1. The van der Waals surface area contributed by atoms with Gasteiger partial charge in [-0.3, -0.25) is 14.2 Å². The van der Waals surface area contributed by atoms with E-state index in [1.165, 1.54) is 10.9 Å². The van der Waals surface area contributed by atoms with Crippen LogP contribution in [0.5, 0.6) is 5.88 Å². The van der Waals surface area contributed by atoms with E-state index >= 15 is 0 Å². The monoisotopic (exact) mass is 340 g/mol. The minimum Gasteiger partial charge on any atom is -0.473 e. The van der Waals surface area contributed by atoms with Crippen molar-refractivity contribution in [1.82, 2.24) is 9.55 Å². The van der Waals surface area contributed by atoms with Crippen LogP contribution in [0.15, 0.2) is 35.4 Å². The number of fused-ring (bicyclic) bond motifs is 1. The fraction of sp³-hybridized carbons (Fsp3) is 0.294. The molecule has 1 atom stereocenters. The molecule has 25 heavy (non-hydrogen) atoms. The molecule has 0 bridgehead atoms. The second-order valence-electron chi connectivity index (χ2n) is 5.40. The lowest BCUT2D eigenvalue weighted by molar-refractivity contribution is -0.143. The highest BCUT2D eigenvalue weighted by Crippen LogP contribution is 2.29. The van der Waals surface area contributed by atoms with Crippen molar-refractivity contribution in [2.24, 2.45) is 0 Å². The molecule has 8 nitrogen and oxygen atoms in total. The molecule has 0 amide bonds. The molecule has 0 fully saturated rings. The van der Waals surface area contributed by atoms with E-state index in [0.717, 1.165) is 5.56 Å². The Bertz CT molecular complexity index is 883. The Balaban J connectivity index is 1.85. The molecule has 0 aliphatic carbocycles. The van der Waals surface area contributed by atoms with Crippen LogP contribution in [0.4, 0.5) is 5.69 Å². The average Bonchev–Trinajstić information content (AvgIpc) is 2.64. The summed E-state index contributed by atoms with van der Waals surface area (Å²) in [5, 5.41) is 12.0. The number of esters is 1. The van der Waals surface area contributed by atoms with Gasteiger partial charge in [-0.1, -0.05) is 12.1 Å². The molecule has 0 spiro atoms. The quantitative estimate of drug-likeness (QED) is 0.834. The summed E-state index contributed by atoms with van der Waals surface area (Å²) in [5.74, 6) is -0.304. The van der Waals surface area contributed by atoms with Crippen LogP contribution in [-0.4, -0.2) is 28.7 Å². The number of benzene rings is 1. The van der Waals surface area contributed by atoms with Gasteiger partial charge in [0.15, 0.2) is 5.69 Å². The number of hydrogen-bond acceptors (Lipinski definition) is 7. The summed E-state index contributed by atoms with van der Waals surface area (Å²) >= 11 is 0. The zero-order valence-corrected chi connectivity index (χ0v) is 13.6. The van der Waals surface area contributed by atoms with Crippen LogP contribution >= 0.6 is 0 Å². The summed E-state index contributed by atoms with van der Waals surface area (Å²) in [4.78, 5) is 28.2. The molecule has 0 unspecified atom stereocenters. The molecule has 0 saturated heterocycles. The largest absolute Gasteiger partial charge is 0.473 e. The fourth-order valence-electron chi connectivity index (χ4n) is 2.51. The van der Waals surface area contributed by atoms with Crippen molar-refractivity contribution in [3.63, 3.8) is 0 Å². The molecule has 0 radical (unpaired) electrons. The number of aromatic nitrogens is 2. The average molecular weight is 340 g/mol. The fourth-order valence-corrected chi connectivity index (χ4v) is 2.51. The van der Waals surface area contributed by atoms with E-state index in [2.05, 4.69) is 16.4 Å². The lowest BCUT2D eigenvalue weighted by atomic mass is 10.0. The molecule has 1 aromatic heterocycles. The number of rotatable bonds is 4. The Morgan fingerprint density at radius 3 is 2.92 bits per heavy atom. The Kier molecular flexibility index (Phi) is 4.66. The first kappa shape index (κ1) is 16.5. The number of carbonyl (C=O) groups excluding carboxylic acids is 1. The van der Waals surface area contributed by atoms with E-state index in [9.17, 15) is 9.59 Å². The smallest absolute Gasteiger partial charge is 0.326 e. The van der Waals surface area contributed by atoms with Crippen LogP contribution in [0.2, 0.25) is 0 Å². The summed E-state index contributed by atoms with van der Waals surface area (Å²) in [6.07, 6.45) is 1.27. The first-order valence-corrected chi connectivity index (χ1v) is 7.76. The van der Waals surface area contributed by atoms with Gasteiger partial charge >= 0.3 is 5.97 Å².